The average molecular weight is 623 g/mol. The topological polar surface area (TPSA) is 71.3 Å². The van der Waals surface area contributed by atoms with Gasteiger partial charge in [-0.1, -0.05) is 60.1 Å². The number of halogens is 2. The minimum atomic E-state index is -0.517. The molecule has 1 amide bonds. The number of nitrogens with one attached hydrogen (secondary N) is 1. The molecule has 1 N–H and O–H groups in total. The largest absolute Gasteiger partial charge is 0.490 e. The number of anilines is 1. The monoisotopic (exact) mass is 622 g/mol. The molecule has 0 spiro atoms. The van der Waals surface area contributed by atoms with Crippen LogP contribution in [0.5, 0.6) is 11.5 Å². The molecule has 0 atom stereocenters. The van der Waals surface area contributed by atoms with Gasteiger partial charge in [-0.3, -0.25) is 4.79 Å². The average Bonchev–Trinajstić information content (AvgIpc) is 2.89. The van der Waals surface area contributed by atoms with Gasteiger partial charge in [0, 0.05) is 10.7 Å². The highest BCUT2D eigenvalue weighted by Crippen LogP contribution is 2.36. The molecular weight excluding hydrogens is 599 g/mol. The lowest BCUT2D eigenvalue weighted by molar-refractivity contribution is -0.112. The molecule has 4 rings (SSSR count). The van der Waals surface area contributed by atoms with Crippen LogP contribution in [0.2, 0.25) is 5.02 Å². The SMILES string of the molecule is CCOc1cc(/C=C(\C#N)C(=O)Nc2cc(Cl)ccc2C)cc(I)c1OCc1cccc2ccccc12. The summed E-state index contributed by atoms with van der Waals surface area (Å²) < 4.78 is 12.9. The van der Waals surface area contributed by atoms with E-state index >= 15 is 0 Å². The van der Waals surface area contributed by atoms with E-state index in [0.717, 1.165) is 25.5 Å². The van der Waals surface area contributed by atoms with Crippen LogP contribution in [0.25, 0.3) is 16.8 Å². The predicted molar refractivity (Wildman–Crippen MR) is 157 cm³/mol. The van der Waals surface area contributed by atoms with Crippen LogP contribution in [-0.2, 0) is 11.4 Å². The van der Waals surface area contributed by atoms with Gasteiger partial charge in [0.05, 0.1) is 10.2 Å². The summed E-state index contributed by atoms with van der Waals surface area (Å²) >= 11 is 8.24. The molecule has 0 fully saturated rings. The molecule has 7 heteroatoms. The van der Waals surface area contributed by atoms with Crippen molar-refractivity contribution >= 4 is 62.6 Å². The van der Waals surface area contributed by atoms with Gasteiger partial charge >= 0.3 is 0 Å². The van der Waals surface area contributed by atoms with E-state index in [-0.39, 0.29) is 5.57 Å². The maximum absolute atomic E-state index is 12.8. The Balaban J connectivity index is 1.60. The zero-order chi connectivity index (χ0) is 26.4. The molecular formula is C30H24ClIN2O3. The van der Waals surface area contributed by atoms with E-state index in [9.17, 15) is 10.1 Å². The van der Waals surface area contributed by atoms with Crippen molar-refractivity contribution in [2.24, 2.45) is 0 Å². The van der Waals surface area contributed by atoms with Crippen LogP contribution in [0.15, 0.2) is 78.4 Å². The van der Waals surface area contributed by atoms with Crippen molar-refractivity contribution in [1.82, 2.24) is 0 Å². The van der Waals surface area contributed by atoms with Gasteiger partial charge < -0.3 is 14.8 Å². The summed E-state index contributed by atoms with van der Waals surface area (Å²) in [4.78, 5) is 12.8. The number of rotatable bonds is 8. The van der Waals surface area contributed by atoms with Crippen molar-refractivity contribution in [3.8, 4) is 17.6 Å². The molecule has 0 saturated heterocycles. The van der Waals surface area contributed by atoms with Crippen molar-refractivity contribution in [1.29, 1.82) is 5.26 Å². The van der Waals surface area contributed by atoms with Crippen molar-refractivity contribution in [2.45, 2.75) is 20.5 Å². The Kier molecular flexibility index (Phi) is 8.70. The summed E-state index contributed by atoms with van der Waals surface area (Å²) in [7, 11) is 0. The van der Waals surface area contributed by atoms with Crippen LogP contribution in [0.1, 0.15) is 23.6 Å². The predicted octanol–water partition coefficient (Wildman–Crippen LogP) is 7.93. The Hall–Kier alpha value is -3.54. The molecule has 4 aromatic carbocycles. The van der Waals surface area contributed by atoms with Crippen molar-refractivity contribution < 1.29 is 14.3 Å². The number of nitrogens with zero attached hydrogens (tertiary/aromatic N) is 1. The fraction of sp³-hybridized carbons (Fsp3) is 0.133. The second kappa shape index (κ2) is 12.1. The van der Waals surface area contributed by atoms with E-state index in [1.165, 1.54) is 6.08 Å². The minimum absolute atomic E-state index is 0.0398. The number of nitriles is 1. The van der Waals surface area contributed by atoms with Crippen LogP contribution in [0, 0.1) is 21.8 Å². The number of fused-ring (bicyclic) bond motifs is 1. The Bertz CT molecular complexity index is 1540. The fourth-order valence-corrected chi connectivity index (χ4v) is 4.83. The third-order valence-corrected chi connectivity index (χ3v) is 6.74. The van der Waals surface area contributed by atoms with E-state index in [1.807, 2.05) is 50.2 Å². The minimum Gasteiger partial charge on any atom is -0.490 e. The van der Waals surface area contributed by atoms with Crippen molar-refractivity contribution in [2.75, 3.05) is 11.9 Å². The molecule has 0 heterocycles. The van der Waals surface area contributed by atoms with Gasteiger partial charge in [-0.2, -0.15) is 5.26 Å². The van der Waals surface area contributed by atoms with E-state index in [0.29, 0.717) is 41.0 Å². The van der Waals surface area contributed by atoms with Crippen LogP contribution in [-0.4, -0.2) is 12.5 Å². The molecule has 5 nitrogen and oxygen atoms in total. The Labute approximate surface area is 234 Å². The number of ether oxygens (including phenoxy) is 2. The standard InChI is InChI=1S/C30H24ClIN2O3/c1-3-36-28-15-20(13-23(17-33)30(35)34-27-16-24(31)12-11-19(27)2)14-26(32)29(28)37-18-22-9-6-8-21-7-4-5-10-25(21)22/h4-16H,3,18H2,1-2H3,(H,34,35)/b23-13+. The molecule has 0 aromatic heterocycles. The molecule has 37 heavy (non-hydrogen) atoms. The zero-order valence-corrected chi connectivity index (χ0v) is 23.3. The highest BCUT2D eigenvalue weighted by molar-refractivity contribution is 14.1. The first-order valence-electron chi connectivity index (χ1n) is 11.6. The quantitative estimate of drug-likeness (QED) is 0.123. The molecule has 0 saturated carbocycles. The van der Waals surface area contributed by atoms with Gasteiger partial charge in [-0.05, 0) is 94.2 Å². The van der Waals surface area contributed by atoms with E-state index < -0.39 is 5.91 Å². The van der Waals surface area contributed by atoms with E-state index in [4.69, 9.17) is 21.1 Å². The zero-order valence-electron chi connectivity index (χ0n) is 20.3. The molecule has 0 aliphatic carbocycles. The number of hydrogen-bond acceptors (Lipinski definition) is 4. The molecule has 0 aliphatic heterocycles. The lowest BCUT2D eigenvalue weighted by Crippen LogP contribution is -2.14. The lowest BCUT2D eigenvalue weighted by atomic mass is 10.1. The Morgan fingerprint density at radius 3 is 2.65 bits per heavy atom. The van der Waals surface area contributed by atoms with E-state index in [2.05, 4.69) is 46.1 Å². The molecule has 0 aliphatic rings. The fourth-order valence-electron chi connectivity index (χ4n) is 3.88. The number of benzene rings is 4. The van der Waals surface area contributed by atoms with Gasteiger partial charge in [0.2, 0.25) is 0 Å². The highest BCUT2D eigenvalue weighted by Gasteiger charge is 2.16. The maximum atomic E-state index is 12.8. The number of carbonyl (C=O) groups is 1. The summed E-state index contributed by atoms with van der Waals surface area (Å²) in [5, 5.41) is 15.2. The summed E-state index contributed by atoms with van der Waals surface area (Å²) in [6.45, 7) is 4.56. The molecule has 0 radical (unpaired) electrons. The van der Waals surface area contributed by atoms with Crippen LogP contribution >= 0.6 is 34.2 Å². The third-order valence-electron chi connectivity index (χ3n) is 5.71. The van der Waals surface area contributed by atoms with Crippen molar-refractivity contribution in [3.05, 3.63) is 104 Å². The maximum Gasteiger partial charge on any atom is 0.266 e. The van der Waals surface area contributed by atoms with Gasteiger partial charge in [-0.15, -0.1) is 0 Å². The lowest BCUT2D eigenvalue weighted by Gasteiger charge is -2.16. The summed E-state index contributed by atoms with van der Waals surface area (Å²) in [6, 6.07) is 25.2. The van der Waals surface area contributed by atoms with Gasteiger partial charge in [0.15, 0.2) is 11.5 Å². The Morgan fingerprint density at radius 2 is 1.86 bits per heavy atom. The summed E-state index contributed by atoms with van der Waals surface area (Å²) in [5.41, 5.74) is 3.08. The van der Waals surface area contributed by atoms with Gasteiger partial charge in [-0.25, -0.2) is 0 Å². The van der Waals surface area contributed by atoms with E-state index in [1.54, 1.807) is 24.3 Å². The van der Waals surface area contributed by atoms with Crippen LogP contribution in [0.3, 0.4) is 0 Å². The highest BCUT2D eigenvalue weighted by atomic mass is 127. The van der Waals surface area contributed by atoms with Gasteiger partial charge in [0.1, 0.15) is 18.2 Å². The molecule has 186 valence electrons. The van der Waals surface area contributed by atoms with Crippen LogP contribution < -0.4 is 14.8 Å². The number of hydrogen-bond donors (Lipinski definition) is 1. The van der Waals surface area contributed by atoms with Crippen molar-refractivity contribution in [3.63, 3.8) is 0 Å². The number of aryl methyl sites for hydroxylation is 1. The normalized spacial score (nSPS) is 11.2. The first kappa shape index (κ1) is 26.5. The summed E-state index contributed by atoms with van der Waals surface area (Å²) in [5.74, 6) is 0.645. The second-order valence-corrected chi connectivity index (χ2v) is 9.87. The Morgan fingerprint density at radius 1 is 1.08 bits per heavy atom. The second-order valence-electron chi connectivity index (χ2n) is 8.27. The van der Waals surface area contributed by atoms with Gasteiger partial charge in [0.25, 0.3) is 5.91 Å². The number of carbonyl (C=O) groups excluding carboxylic acids is 1. The number of amides is 1. The molecule has 4 aromatic rings. The molecule has 0 unspecified atom stereocenters. The summed E-state index contributed by atoms with van der Waals surface area (Å²) in [6.07, 6.45) is 1.54. The third kappa shape index (κ3) is 6.43. The first-order chi connectivity index (χ1) is 17.9. The molecule has 0 bridgehead atoms. The smallest absolute Gasteiger partial charge is 0.266 e. The first-order valence-corrected chi connectivity index (χ1v) is 13.1. The van der Waals surface area contributed by atoms with Crippen LogP contribution in [0.4, 0.5) is 5.69 Å².